The summed E-state index contributed by atoms with van der Waals surface area (Å²) in [6.45, 7) is 6.12. The highest BCUT2D eigenvalue weighted by atomic mass is 16.6. The fourth-order valence-corrected chi connectivity index (χ4v) is 2.47. The Labute approximate surface area is 126 Å². The molecule has 0 fully saturated rings. The van der Waals surface area contributed by atoms with Gasteiger partial charge in [0.2, 0.25) is 0 Å². The van der Waals surface area contributed by atoms with Crippen LogP contribution in [0.25, 0.3) is 6.08 Å². The Morgan fingerprint density at radius 1 is 1.24 bits per heavy atom. The van der Waals surface area contributed by atoms with Gasteiger partial charge < -0.3 is 10.5 Å². The second-order valence-corrected chi connectivity index (χ2v) is 6.31. The van der Waals surface area contributed by atoms with E-state index >= 15 is 0 Å². The van der Waals surface area contributed by atoms with Gasteiger partial charge in [0.15, 0.2) is 0 Å². The SMILES string of the molecule is CC(C)(C)OC(=O)CC1C=C(CN)C=Cc2ccccc21. The fourth-order valence-electron chi connectivity index (χ4n) is 2.47. The van der Waals surface area contributed by atoms with Crippen molar-refractivity contribution in [1.82, 2.24) is 0 Å². The average molecular weight is 285 g/mol. The molecule has 112 valence electrons. The number of carbonyl (C=O) groups is 1. The molecule has 1 aromatic carbocycles. The maximum absolute atomic E-state index is 12.1. The minimum absolute atomic E-state index is 0.00426. The first kappa shape index (κ1) is 15.5. The molecule has 0 bridgehead atoms. The summed E-state index contributed by atoms with van der Waals surface area (Å²) in [6.07, 6.45) is 6.49. The third-order valence-corrected chi connectivity index (χ3v) is 3.33. The largest absolute Gasteiger partial charge is 0.460 e. The lowest BCUT2D eigenvalue weighted by molar-refractivity contribution is -0.155. The summed E-state index contributed by atoms with van der Waals surface area (Å²) < 4.78 is 5.45. The summed E-state index contributed by atoms with van der Waals surface area (Å²) in [5.41, 5.74) is 8.62. The number of hydrogen-bond acceptors (Lipinski definition) is 3. The summed E-state index contributed by atoms with van der Waals surface area (Å²) in [6, 6.07) is 8.11. The summed E-state index contributed by atoms with van der Waals surface area (Å²) in [7, 11) is 0. The maximum Gasteiger partial charge on any atom is 0.307 e. The van der Waals surface area contributed by atoms with Crippen LogP contribution in [0.3, 0.4) is 0 Å². The quantitative estimate of drug-likeness (QED) is 0.866. The smallest absolute Gasteiger partial charge is 0.307 e. The molecule has 2 N–H and O–H groups in total. The molecule has 0 saturated carbocycles. The van der Waals surface area contributed by atoms with E-state index in [1.165, 1.54) is 0 Å². The van der Waals surface area contributed by atoms with Crippen molar-refractivity contribution in [3.8, 4) is 0 Å². The van der Waals surface area contributed by atoms with Crippen LogP contribution >= 0.6 is 0 Å². The molecule has 1 aliphatic rings. The Hall–Kier alpha value is -1.87. The Balaban J connectivity index is 2.26. The van der Waals surface area contributed by atoms with Crippen LogP contribution in [-0.2, 0) is 9.53 Å². The predicted octanol–water partition coefficient (Wildman–Crippen LogP) is 3.41. The van der Waals surface area contributed by atoms with Crippen molar-refractivity contribution in [1.29, 1.82) is 0 Å². The van der Waals surface area contributed by atoms with Gasteiger partial charge in [-0.25, -0.2) is 0 Å². The van der Waals surface area contributed by atoms with Gasteiger partial charge in [0, 0.05) is 12.5 Å². The first-order chi connectivity index (χ1) is 9.89. The molecule has 1 unspecified atom stereocenters. The lowest BCUT2D eigenvalue weighted by Gasteiger charge is -2.22. The summed E-state index contributed by atoms with van der Waals surface area (Å²) in [5, 5.41) is 0. The third-order valence-electron chi connectivity index (χ3n) is 3.33. The van der Waals surface area contributed by atoms with Crippen molar-refractivity contribution < 1.29 is 9.53 Å². The number of rotatable bonds is 3. The topological polar surface area (TPSA) is 52.3 Å². The molecule has 0 saturated heterocycles. The number of allylic oxidation sites excluding steroid dienone is 1. The fraction of sp³-hybridized carbons (Fsp3) is 0.389. The van der Waals surface area contributed by atoms with Gasteiger partial charge in [-0.15, -0.1) is 0 Å². The number of hydrogen-bond donors (Lipinski definition) is 1. The van der Waals surface area contributed by atoms with Crippen LogP contribution in [0.15, 0.2) is 42.0 Å². The van der Waals surface area contributed by atoms with Gasteiger partial charge in [-0.2, -0.15) is 0 Å². The molecule has 1 aliphatic carbocycles. The van der Waals surface area contributed by atoms with Crippen molar-refractivity contribution >= 4 is 12.0 Å². The van der Waals surface area contributed by atoms with E-state index in [0.717, 1.165) is 16.7 Å². The molecular weight excluding hydrogens is 262 g/mol. The molecule has 0 spiro atoms. The van der Waals surface area contributed by atoms with Crippen LogP contribution < -0.4 is 5.73 Å². The van der Waals surface area contributed by atoms with E-state index in [2.05, 4.69) is 24.3 Å². The van der Waals surface area contributed by atoms with E-state index in [9.17, 15) is 4.79 Å². The van der Waals surface area contributed by atoms with E-state index in [-0.39, 0.29) is 11.9 Å². The average Bonchev–Trinajstić information content (AvgIpc) is 2.57. The molecule has 21 heavy (non-hydrogen) atoms. The summed E-state index contributed by atoms with van der Waals surface area (Å²) in [4.78, 5) is 12.1. The molecule has 0 amide bonds. The highest BCUT2D eigenvalue weighted by Crippen LogP contribution is 2.30. The predicted molar refractivity (Wildman–Crippen MR) is 85.8 cm³/mol. The van der Waals surface area contributed by atoms with Crippen LogP contribution in [0.2, 0.25) is 0 Å². The number of carbonyl (C=O) groups excluding carboxylic acids is 1. The van der Waals surface area contributed by atoms with E-state index in [4.69, 9.17) is 10.5 Å². The number of benzene rings is 1. The zero-order valence-electron chi connectivity index (χ0n) is 12.9. The zero-order chi connectivity index (χ0) is 15.5. The highest BCUT2D eigenvalue weighted by molar-refractivity contribution is 5.73. The molecule has 3 nitrogen and oxygen atoms in total. The first-order valence-electron chi connectivity index (χ1n) is 7.28. The van der Waals surface area contributed by atoms with Crippen LogP contribution in [0.4, 0.5) is 0 Å². The van der Waals surface area contributed by atoms with Crippen LogP contribution in [-0.4, -0.2) is 18.1 Å². The Kier molecular flexibility index (Phi) is 4.63. The summed E-state index contributed by atoms with van der Waals surface area (Å²) in [5.74, 6) is -0.179. The van der Waals surface area contributed by atoms with Crippen LogP contribution in [0.5, 0.6) is 0 Å². The molecule has 2 rings (SSSR count). The molecule has 1 atom stereocenters. The Bertz CT molecular complexity index is 579. The van der Waals surface area contributed by atoms with Gasteiger partial charge in [-0.05, 0) is 37.5 Å². The summed E-state index contributed by atoms with van der Waals surface area (Å²) >= 11 is 0. The van der Waals surface area contributed by atoms with Gasteiger partial charge in [0.1, 0.15) is 5.60 Å². The Morgan fingerprint density at radius 2 is 1.95 bits per heavy atom. The zero-order valence-corrected chi connectivity index (χ0v) is 12.9. The van der Waals surface area contributed by atoms with E-state index < -0.39 is 5.60 Å². The molecule has 1 aromatic rings. The number of nitrogens with two attached hydrogens (primary N) is 1. The second kappa shape index (κ2) is 6.27. The van der Waals surface area contributed by atoms with Gasteiger partial charge in [-0.1, -0.05) is 42.5 Å². The lowest BCUT2D eigenvalue weighted by Crippen LogP contribution is -2.24. The van der Waals surface area contributed by atoms with Crippen LogP contribution in [0, 0.1) is 0 Å². The molecule has 0 aromatic heterocycles. The van der Waals surface area contributed by atoms with Gasteiger partial charge in [-0.3, -0.25) is 4.79 Å². The van der Waals surface area contributed by atoms with Crippen molar-refractivity contribution in [2.45, 2.75) is 38.7 Å². The standard InChI is InChI=1S/C18H23NO2/c1-18(2,3)21-17(20)11-15-10-13(12-19)8-9-14-6-4-5-7-16(14)15/h4-10,15H,11-12,19H2,1-3H3. The molecule has 3 heteroatoms. The van der Waals surface area contributed by atoms with Crippen molar-refractivity contribution in [3.63, 3.8) is 0 Å². The van der Waals surface area contributed by atoms with Crippen LogP contribution in [0.1, 0.15) is 44.2 Å². The lowest BCUT2D eigenvalue weighted by atomic mass is 9.91. The minimum Gasteiger partial charge on any atom is -0.460 e. The van der Waals surface area contributed by atoms with Gasteiger partial charge >= 0.3 is 5.97 Å². The first-order valence-corrected chi connectivity index (χ1v) is 7.28. The van der Waals surface area contributed by atoms with E-state index in [0.29, 0.717) is 13.0 Å². The number of fused-ring (bicyclic) bond motifs is 1. The van der Waals surface area contributed by atoms with Crippen molar-refractivity contribution in [3.05, 3.63) is 53.1 Å². The minimum atomic E-state index is -0.458. The maximum atomic E-state index is 12.1. The van der Waals surface area contributed by atoms with Crippen molar-refractivity contribution in [2.24, 2.45) is 5.73 Å². The van der Waals surface area contributed by atoms with Crippen molar-refractivity contribution in [2.75, 3.05) is 6.54 Å². The monoisotopic (exact) mass is 285 g/mol. The normalized spacial score (nSPS) is 17.7. The van der Waals surface area contributed by atoms with E-state index in [1.54, 1.807) is 0 Å². The molecule has 0 aliphatic heterocycles. The number of ether oxygens (including phenoxy) is 1. The van der Waals surface area contributed by atoms with E-state index in [1.807, 2.05) is 39.0 Å². The molecular formula is C18H23NO2. The number of esters is 1. The Morgan fingerprint density at radius 3 is 2.62 bits per heavy atom. The molecule has 0 radical (unpaired) electrons. The molecule has 0 heterocycles. The van der Waals surface area contributed by atoms with Gasteiger partial charge in [0.25, 0.3) is 0 Å². The highest BCUT2D eigenvalue weighted by Gasteiger charge is 2.22. The second-order valence-electron chi connectivity index (χ2n) is 6.31. The van der Waals surface area contributed by atoms with Gasteiger partial charge in [0.05, 0.1) is 6.42 Å². The third kappa shape index (κ3) is 4.30.